The second-order valence-electron chi connectivity index (χ2n) is 9.18. The average Bonchev–Trinajstić information content (AvgIpc) is 3.22. The predicted molar refractivity (Wildman–Crippen MR) is 126 cm³/mol. The van der Waals surface area contributed by atoms with Gasteiger partial charge in [0.1, 0.15) is 17.5 Å². The van der Waals surface area contributed by atoms with E-state index in [0.29, 0.717) is 49.1 Å². The number of carbonyl (C=O) groups excluding carboxylic acids is 2. The highest BCUT2D eigenvalue weighted by Crippen LogP contribution is 2.42. The van der Waals surface area contributed by atoms with E-state index in [2.05, 4.69) is 5.32 Å². The highest BCUT2D eigenvalue weighted by atomic mass is 35.5. The SMILES string of the molecule is CC(C)(C)OC(=O)NCC1Cc2c(-c3ccccc3C(=O)N3CCOCC3)ccc(Cl)c2O1. The van der Waals surface area contributed by atoms with Gasteiger partial charge in [-0.15, -0.1) is 0 Å². The van der Waals surface area contributed by atoms with E-state index in [4.69, 9.17) is 25.8 Å². The number of amides is 2. The molecular weight excluding hydrogens is 444 g/mol. The van der Waals surface area contributed by atoms with Gasteiger partial charge in [0, 0.05) is 30.6 Å². The Balaban J connectivity index is 1.56. The fraction of sp³-hybridized carbons (Fsp3) is 0.440. The maximum Gasteiger partial charge on any atom is 0.407 e. The number of rotatable bonds is 4. The second-order valence-corrected chi connectivity index (χ2v) is 9.59. The third-order valence-corrected chi connectivity index (χ3v) is 5.85. The lowest BCUT2D eigenvalue weighted by Gasteiger charge is -2.27. The molecule has 2 heterocycles. The Bertz CT molecular complexity index is 1040. The summed E-state index contributed by atoms with van der Waals surface area (Å²) < 4.78 is 16.8. The number of hydrogen-bond acceptors (Lipinski definition) is 5. The van der Waals surface area contributed by atoms with Crippen molar-refractivity contribution in [1.82, 2.24) is 10.2 Å². The molecule has 1 unspecified atom stereocenters. The van der Waals surface area contributed by atoms with Crippen LogP contribution in [0.15, 0.2) is 36.4 Å². The number of morpholine rings is 1. The highest BCUT2D eigenvalue weighted by Gasteiger charge is 2.30. The fourth-order valence-corrected chi connectivity index (χ4v) is 4.31. The van der Waals surface area contributed by atoms with Crippen LogP contribution in [0.4, 0.5) is 4.79 Å². The number of fused-ring (bicyclic) bond motifs is 1. The van der Waals surface area contributed by atoms with Gasteiger partial charge in [0.2, 0.25) is 0 Å². The van der Waals surface area contributed by atoms with Gasteiger partial charge >= 0.3 is 6.09 Å². The van der Waals surface area contributed by atoms with E-state index >= 15 is 0 Å². The summed E-state index contributed by atoms with van der Waals surface area (Å²) in [4.78, 5) is 27.1. The Morgan fingerprint density at radius 2 is 1.85 bits per heavy atom. The van der Waals surface area contributed by atoms with Crippen molar-refractivity contribution in [2.24, 2.45) is 0 Å². The highest BCUT2D eigenvalue weighted by molar-refractivity contribution is 6.32. The largest absolute Gasteiger partial charge is 0.486 e. The second kappa shape index (κ2) is 9.61. The lowest BCUT2D eigenvalue weighted by Crippen LogP contribution is -2.40. The van der Waals surface area contributed by atoms with Gasteiger partial charge in [-0.1, -0.05) is 35.9 Å². The van der Waals surface area contributed by atoms with E-state index < -0.39 is 11.7 Å². The third-order valence-electron chi connectivity index (χ3n) is 5.55. The van der Waals surface area contributed by atoms with Crippen molar-refractivity contribution in [2.75, 3.05) is 32.8 Å². The molecule has 176 valence electrons. The zero-order valence-corrected chi connectivity index (χ0v) is 19.9. The molecule has 2 aliphatic heterocycles. The first-order valence-corrected chi connectivity index (χ1v) is 11.5. The van der Waals surface area contributed by atoms with E-state index in [1.54, 1.807) is 6.07 Å². The molecule has 1 N–H and O–H groups in total. The van der Waals surface area contributed by atoms with Crippen molar-refractivity contribution < 1.29 is 23.8 Å². The van der Waals surface area contributed by atoms with E-state index in [0.717, 1.165) is 16.7 Å². The van der Waals surface area contributed by atoms with E-state index in [-0.39, 0.29) is 18.6 Å². The minimum Gasteiger partial charge on any atom is -0.486 e. The number of alkyl carbamates (subject to hydrolysis) is 1. The van der Waals surface area contributed by atoms with Gasteiger partial charge in [-0.25, -0.2) is 4.79 Å². The summed E-state index contributed by atoms with van der Waals surface area (Å²) in [5.41, 5.74) is 2.74. The molecule has 0 radical (unpaired) electrons. The van der Waals surface area contributed by atoms with Crippen LogP contribution < -0.4 is 10.1 Å². The monoisotopic (exact) mass is 472 g/mol. The maximum absolute atomic E-state index is 13.3. The van der Waals surface area contributed by atoms with Gasteiger partial charge in [-0.05, 0) is 44.0 Å². The third kappa shape index (κ3) is 5.42. The minimum absolute atomic E-state index is 0.0142. The fourth-order valence-electron chi connectivity index (χ4n) is 4.08. The van der Waals surface area contributed by atoms with Crippen LogP contribution in [0.25, 0.3) is 11.1 Å². The molecule has 0 saturated carbocycles. The summed E-state index contributed by atoms with van der Waals surface area (Å²) >= 11 is 6.44. The molecule has 2 amide bonds. The van der Waals surface area contributed by atoms with Gasteiger partial charge in [0.25, 0.3) is 5.91 Å². The summed E-state index contributed by atoms with van der Waals surface area (Å²) in [6.07, 6.45) is -0.218. The molecular formula is C25H29ClN2O5. The lowest BCUT2D eigenvalue weighted by atomic mass is 9.92. The van der Waals surface area contributed by atoms with Gasteiger partial charge in [0.15, 0.2) is 0 Å². The molecule has 2 aromatic rings. The maximum atomic E-state index is 13.3. The normalized spacial score (nSPS) is 17.8. The van der Waals surface area contributed by atoms with Crippen LogP contribution >= 0.6 is 11.6 Å². The Kier molecular flexibility index (Phi) is 6.81. The molecule has 0 bridgehead atoms. The van der Waals surface area contributed by atoms with Crippen molar-refractivity contribution in [3.05, 3.63) is 52.5 Å². The van der Waals surface area contributed by atoms with Gasteiger partial charge in [-0.2, -0.15) is 0 Å². The molecule has 2 aliphatic rings. The molecule has 33 heavy (non-hydrogen) atoms. The van der Waals surface area contributed by atoms with Crippen molar-refractivity contribution in [1.29, 1.82) is 0 Å². The summed E-state index contributed by atoms with van der Waals surface area (Å²) in [5.74, 6) is 0.582. The van der Waals surface area contributed by atoms with Crippen molar-refractivity contribution in [3.63, 3.8) is 0 Å². The predicted octanol–water partition coefficient (Wildman–Crippen LogP) is 4.31. The van der Waals surface area contributed by atoms with Crippen LogP contribution in [0.3, 0.4) is 0 Å². The van der Waals surface area contributed by atoms with Crippen LogP contribution in [0.1, 0.15) is 36.7 Å². The molecule has 0 aliphatic carbocycles. The van der Waals surface area contributed by atoms with Crippen LogP contribution in [0, 0.1) is 0 Å². The van der Waals surface area contributed by atoms with E-state index in [1.807, 2.05) is 56.0 Å². The first-order chi connectivity index (χ1) is 15.7. The quantitative estimate of drug-likeness (QED) is 0.717. The molecule has 1 atom stereocenters. The topological polar surface area (TPSA) is 77.1 Å². The number of hydrogen-bond donors (Lipinski definition) is 1. The van der Waals surface area contributed by atoms with Crippen LogP contribution in [0.2, 0.25) is 5.02 Å². The van der Waals surface area contributed by atoms with Crippen molar-refractivity contribution in [2.45, 2.75) is 38.9 Å². The Morgan fingerprint density at radius 3 is 2.58 bits per heavy atom. The van der Waals surface area contributed by atoms with Crippen molar-refractivity contribution in [3.8, 4) is 16.9 Å². The van der Waals surface area contributed by atoms with Crippen LogP contribution in [-0.4, -0.2) is 61.5 Å². The smallest absolute Gasteiger partial charge is 0.407 e. The molecule has 0 spiro atoms. The molecule has 1 saturated heterocycles. The summed E-state index contributed by atoms with van der Waals surface area (Å²) in [5, 5.41) is 3.27. The Labute approximate surface area is 198 Å². The molecule has 7 nitrogen and oxygen atoms in total. The Morgan fingerprint density at radius 1 is 1.12 bits per heavy atom. The van der Waals surface area contributed by atoms with E-state index in [9.17, 15) is 9.59 Å². The van der Waals surface area contributed by atoms with Gasteiger partial charge in [-0.3, -0.25) is 4.79 Å². The number of nitrogens with one attached hydrogen (secondary N) is 1. The number of nitrogens with zero attached hydrogens (tertiary/aromatic N) is 1. The van der Waals surface area contributed by atoms with E-state index in [1.165, 1.54) is 0 Å². The standard InChI is InChI=1S/C25H29ClN2O5/c1-25(2,3)33-24(30)27-15-16-14-20-18(8-9-21(26)22(20)32-16)17-6-4-5-7-19(17)23(29)28-10-12-31-13-11-28/h4-9,16H,10-15H2,1-3H3,(H,27,30). The zero-order chi connectivity index (χ0) is 23.6. The lowest BCUT2D eigenvalue weighted by molar-refractivity contribution is 0.0303. The molecule has 2 aromatic carbocycles. The van der Waals surface area contributed by atoms with Gasteiger partial charge in [0.05, 0.1) is 24.8 Å². The van der Waals surface area contributed by atoms with Gasteiger partial charge < -0.3 is 24.4 Å². The van der Waals surface area contributed by atoms with Crippen LogP contribution in [-0.2, 0) is 15.9 Å². The Hall–Kier alpha value is -2.77. The number of halogens is 1. The molecule has 0 aromatic heterocycles. The number of carbonyl (C=O) groups is 2. The summed E-state index contributed by atoms with van der Waals surface area (Å²) in [6.45, 7) is 7.98. The molecule has 4 rings (SSSR count). The van der Waals surface area contributed by atoms with Crippen molar-refractivity contribution >= 4 is 23.6 Å². The molecule has 1 fully saturated rings. The first-order valence-electron chi connectivity index (χ1n) is 11.1. The first kappa shape index (κ1) is 23.4. The number of ether oxygens (including phenoxy) is 3. The zero-order valence-electron chi connectivity index (χ0n) is 19.2. The average molecular weight is 473 g/mol. The summed E-state index contributed by atoms with van der Waals surface area (Å²) in [7, 11) is 0. The minimum atomic E-state index is -0.573. The summed E-state index contributed by atoms with van der Waals surface area (Å²) in [6, 6.07) is 11.3. The number of benzene rings is 2. The molecule has 8 heteroatoms. The van der Waals surface area contributed by atoms with Crippen LogP contribution in [0.5, 0.6) is 5.75 Å².